The lowest BCUT2D eigenvalue weighted by Crippen LogP contribution is -2.31. The molecule has 0 N–H and O–H groups in total. The van der Waals surface area contributed by atoms with Crippen molar-refractivity contribution in [2.45, 2.75) is 25.8 Å². The number of hydrogen-bond donors (Lipinski definition) is 0. The number of aryl methyl sites for hydroxylation is 2. The van der Waals surface area contributed by atoms with Gasteiger partial charge in [-0.25, -0.2) is 4.98 Å². The molecular weight excluding hydrogens is 386 g/mol. The van der Waals surface area contributed by atoms with E-state index in [2.05, 4.69) is 11.1 Å². The molecule has 2 aliphatic heterocycles. The molecule has 1 amide bonds. The molecule has 6 nitrogen and oxygen atoms in total. The normalized spacial score (nSPS) is 18.3. The smallest absolute Gasteiger partial charge is 0.271 e. The van der Waals surface area contributed by atoms with E-state index in [1.165, 1.54) is 0 Å². The zero-order valence-electron chi connectivity index (χ0n) is 16.6. The van der Waals surface area contributed by atoms with Gasteiger partial charge >= 0.3 is 0 Å². The second-order valence-electron chi connectivity index (χ2n) is 7.54. The number of likely N-dealkylation sites (tertiary alicyclic amines) is 1. The number of rotatable bonds is 3. The zero-order valence-corrected chi connectivity index (χ0v) is 17.4. The molecule has 0 aliphatic carbocycles. The van der Waals surface area contributed by atoms with Crippen molar-refractivity contribution in [2.24, 2.45) is 7.05 Å². The maximum atomic E-state index is 13.4. The van der Waals surface area contributed by atoms with Crippen LogP contribution in [0.2, 0.25) is 0 Å². The Morgan fingerprint density at radius 3 is 2.83 bits per heavy atom. The topological polar surface area (TPSA) is 56.6 Å². The Morgan fingerprint density at radius 2 is 2.03 bits per heavy atom. The molecule has 0 saturated carbocycles. The summed E-state index contributed by atoms with van der Waals surface area (Å²) in [6, 6.07) is 8.04. The van der Waals surface area contributed by atoms with Crippen molar-refractivity contribution in [3.63, 3.8) is 0 Å². The lowest BCUT2D eigenvalue weighted by molar-refractivity contribution is 0.0725. The third-order valence-corrected chi connectivity index (χ3v) is 6.38. The standard InChI is InChI=1S/C22H23N3O3S/c1-14-23-17(13-29-14)16-10-19(24(2)12-16)22(26)25-7-3-4-18(25)15-5-6-20-21(11-15)28-9-8-27-20/h5-6,10-13,18H,3-4,7-9H2,1-2H3/t18-/m1/s1. The molecule has 29 heavy (non-hydrogen) atoms. The Balaban J connectivity index is 1.43. The van der Waals surface area contributed by atoms with Gasteiger partial charge in [-0.3, -0.25) is 4.79 Å². The summed E-state index contributed by atoms with van der Waals surface area (Å²) in [6.45, 7) is 3.89. The van der Waals surface area contributed by atoms with Crippen LogP contribution in [0.5, 0.6) is 11.5 Å². The van der Waals surface area contributed by atoms with Gasteiger partial charge in [0.2, 0.25) is 0 Å². The highest BCUT2D eigenvalue weighted by Crippen LogP contribution is 2.39. The van der Waals surface area contributed by atoms with Gasteiger partial charge in [-0.15, -0.1) is 11.3 Å². The molecule has 0 bridgehead atoms. The highest BCUT2D eigenvalue weighted by Gasteiger charge is 2.32. The third kappa shape index (κ3) is 3.29. The van der Waals surface area contributed by atoms with Crippen molar-refractivity contribution in [3.05, 3.63) is 52.1 Å². The lowest BCUT2D eigenvalue weighted by atomic mass is 10.0. The van der Waals surface area contributed by atoms with Gasteiger partial charge in [0, 0.05) is 30.7 Å². The van der Waals surface area contributed by atoms with Crippen molar-refractivity contribution in [3.8, 4) is 22.8 Å². The Kier molecular flexibility index (Phi) is 4.54. The molecule has 2 aromatic heterocycles. The van der Waals surface area contributed by atoms with Crippen LogP contribution in [0.4, 0.5) is 0 Å². The van der Waals surface area contributed by atoms with Crippen molar-refractivity contribution < 1.29 is 14.3 Å². The minimum Gasteiger partial charge on any atom is -0.486 e. The van der Waals surface area contributed by atoms with E-state index in [-0.39, 0.29) is 11.9 Å². The van der Waals surface area contributed by atoms with Crippen LogP contribution in [-0.4, -0.2) is 40.1 Å². The van der Waals surface area contributed by atoms with E-state index in [0.29, 0.717) is 18.9 Å². The summed E-state index contributed by atoms with van der Waals surface area (Å²) in [7, 11) is 1.92. The van der Waals surface area contributed by atoms with E-state index in [0.717, 1.165) is 52.7 Å². The summed E-state index contributed by atoms with van der Waals surface area (Å²) < 4.78 is 13.3. The predicted molar refractivity (Wildman–Crippen MR) is 112 cm³/mol. The van der Waals surface area contributed by atoms with Gasteiger partial charge in [0.05, 0.1) is 16.7 Å². The summed E-state index contributed by atoms with van der Waals surface area (Å²) in [5, 5.41) is 3.06. The predicted octanol–water partition coefficient (Wildman–Crippen LogP) is 4.21. The molecule has 1 atom stereocenters. The van der Waals surface area contributed by atoms with Crippen LogP contribution in [-0.2, 0) is 7.05 Å². The van der Waals surface area contributed by atoms with E-state index in [1.54, 1.807) is 11.3 Å². The van der Waals surface area contributed by atoms with E-state index in [9.17, 15) is 4.79 Å². The first-order valence-electron chi connectivity index (χ1n) is 9.89. The van der Waals surface area contributed by atoms with Gasteiger partial charge in [0.15, 0.2) is 11.5 Å². The molecule has 2 aliphatic rings. The number of hydrogen-bond acceptors (Lipinski definition) is 5. The number of carbonyl (C=O) groups excluding carboxylic acids is 1. The molecule has 4 heterocycles. The molecule has 1 fully saturated rings. The van der Waals surface area contributed by atoms with Crippen molar-refractivity contribution in [1.82, 2.24) is 14.5 Å². The van der Waals surface area contributed by atoms with Gasteiger partial charge in [0.1, 0.15) is 18.9 Å². The molecule has 0 unspecified atom stereocenters. The van der Waals surface area contributed by atoms with Crippen molar-refractivity contribution >= 4 is 17.2 Å². The molecule has 3 aromatic rings. The van der Waals surface area contributed by atoms with Gasteiger partial charge in [-0.05, 0) is 43.5 Å². The van der Waals surface area contributed by atoms with Crippen LogP contribution < -0.4 is 9.47 Å². The van der Waals surface area contributed by atoms with Crippen molar-refractivity contribution in [1.29, 1.82) is 0 Å². The molecular formula is C22H23N3O3S. The van der Waals surface area contributed by atoms with E-state index in [1.807, 2.05) is 53.2 Å². The fraction of sp³-hybridized carbons (Fsp3) is 0.364. The Bertz CT molecular complexity index is 1070. The number of carbonyl (C=O) groups is 1. The van der Waals surface area contributed by atoms with Crippen molar-refractivity contribution in [2.75, 3.05) is 19.8 Å². The molecule has 1 aromatic carbocycles. The summed E-state index contributed by atoms with van der Waals surface area (Å²) in [5.74, 6) is 1.61. The first-order chi connectivity index (χ1) is 14.1. The fourth-order valence-electron chi connectivity index (χ4n) is 4.18. The first kappa shape index (κ1) is 18.2. The zero-order chi connectivity index (χ0) is 20.0. The van der Waals surface area contributed by atoms with Crippen LogP contribution >= 0.6 is 11.3 Å². The van der Waals surface area contributed by atoms with Crippen LogP contribution in [0.25, 0.3) is 11.3 Å². The average molecular weight is 410 g/mol. The minimum absolute atomic E-state index is 0.0539. The number of aromatic nitrogens is 2. The Hall–Kier alpha value is -2.80. The molecule has 1 saturated heterocycles. The average Bonchev–Trinajstić information content (AvgIpc) is 3.46. The number of ether oxygens (including phenoxy) is 2. The third-order valence-electron chi connectivity index (χ3n) is 5.60. The Morgan fingerprint density at radius 1 is 1.21 bits per heavy atom. The monoisotopic (exact) mass is 409 g/mol. The second-order valence-corrected chi connectivity index (χ2v) is 8.60. The Labute approximate surface area is 173 Å². The summed E-state index contributed by atoms with van der Waals surface area (Å²) in [5.41, 5.74) is 3.70. The first-order valence-corrected chi connectivity index (χ1v) is 10.8. The molecule has 0 radical (unpaired) electrons. The maximum absolute atomic E-state index is 13.4. The van der Waals surface area contributed by atoms with E-state index in [4.69, 9.17) is 9.47 Å². The maximum Gasteiger partial charge on any atom is 0.271 e. The van der Waals surface area contributed by atoms with Crippen LogP contribution in [0.1, 0.15) is 39.9 Å². The number of nitrogens with zero attached hydrogens (tertiary/aromatic N) is 3. The number of fused-ring (bicyclic) bond motifs is 1. The largest absolute Gasteiger partial charge is 0.486 e. The van der Waals surface area contributed by atoms with Gasteiger partial charge in [-0.1, -0.05) is 6.07 Å². The van der Waals surface area contributed by atoms with Crippen LogP contribution in [0.15, 0.2) is 35.8 Å². The SMILES string of the molecule is Cc1nc(-c2cc(C(=O)N3CCC[C@@H]3c3ccc4c(c3)OCCO4)n(C)c2)cs1. The number of benzene rings is 1. The highest BCUT2D eigenvalue weighted by molar-refractivity contribution is 7.09. The summed E-state index contributed by atoms with van der Waals surface area (Å²) in [4.78, 5) is 20.0. The molecule has 0 spiro atoms. The quantitative estimate of drug-likeness (QED) is 0.650. The molecule has 150 valence electrons. The van der Waals surface area contributed by atoms with Crippen LogP contribution in [0, 0.1) is 6.92 Å². The molecule has 7 heteroatoms. The fourth-order valence-corrected chi connectivity index (χ4v) is 4.81. The van der Waals surface area contributed by atoms with E-state index >= 15 is 0 Å². The summed E-state index contributed by atoms with van der Waals surface area (Å²) in [6.07, 6.45) is 3.93. The van der Waals surface area contributed by atoms with E-state index < -0.39 is 0 Å². The summed E-state index contributed by atoms with van der Waals surface area (Å²) >= 11 is 1.62. The number of thiazole rings is 1. The van der Waals surface area contributed by atoms with Gasteiger partial charge < -0.3 is 18.9 Å². The van der Waals surface area contributed by atoms with Gasteiger partial charge in [0.25, 0.3) is 5.91 Å². The lowest BCUT2D eigenvalue weighted by Gasteiger charge is -2.27. The molecule has 5 rings (SSSR count). The number of amides is 1. The van der Waals surface area contributed by atoms with Crippen LogP contribution in [0.3, 0.4) is 0 Å². The second kappa shape index (κ2) is 7.22. The van der Waals surface area contributed by atoms with Gasteiger partial charge in [-0.2, -0.15) is 0 Å². The highest BCUT2D eigenvalue weighted by atomic mass is 32.1. The minimum atomic E-state index is 0.0539.